The lowest BCUT2D eigenvalue weighted by Crippen LogP contribution is -2.44. The maximum Gasteiger partial charge on any atom is 0.411 e. The SMILES string of the molecule is CC(C)(C)OC(=O)N1CCC[C@@]1(S)c1ncc(-c2ccc(-c3ccc4cc(NC(=O)[C@H]5CCN(C(O)OC(C)(C)C)C5)ccc4c3)cc2)[nH]1. The Balaban J connectivity index is 1.10. The number of thiol groups is 1. The maximum absolute atomic E-state index is 13.1. The lowest BCUT2D eigenvalue weighted by molar-refractivity contribution is -0.234. The van der Waals surface area contributed by atoms with Gasteiger partial charge in [0.15, 0.2) is 0 Å². The molecule has 11 heteroatoms. The number of aromatic amines is 1. The Labute approximate surface area is 293 Å². The summed E-state index contributed by atoms with van der Waals surface area (Å²) in [4.78, 5) is 36.6. The van der Waals surface area contributed by atoms with Crippen LogP contribution in [0.3, 0.4) is 0 Å². The van der Waals surface area contributed by atoms with E-state index in [1.807, 2.05) is 59.7 Å². The number of aliphatic hydroxyl groups excluding tert-OH is 1. The van der Waals surface area contributed by atoms with Crippen molar-refractivity contribution in [2.45, 2.75) is 83.3 Å². The van der Waals surface area contributed by atoms with E-state index in [0.717, 1.165) is 45.3 Å². The quantitative estimate of drug-likeness (QED) is 0.119. The number of H-pyrrole nitrogens is 1. The summed E-state index contributed by atoms with van der Waals surface area (Å²) >= 11 is 4.93. The number of hydrogen-bond acceptors (Lipinski definition) is 8. The fraction of sp³-hybridized carbons (Fsp3) is 0.447. The van der Waals surface area contributed by atoms with Gasteiger partial charge >= 0.3 is 6.09 Å². The zero-order chi connectivity index (χ0) is 35.1. The molecule has 2 aliphatic heterocycles. The van der Waals surface area contributed by atoms with Crippen molar-refractivity contribution in [3.8, 4) is 22.4 Å². The van der Waals surface area contributed by atoms with Crippen molar-refractivity contribution >= 4 is 41.1 Å². The molecule has 2 saturated heterocycles. The number of nitrogens with one attached hydrogen (secondary N) is 2. The van der Waals surface area contributed by atoms with Gasteiger partial charge in [0.1, 0.15) is 16.3 Å². The summed E-state index contributed by atoms with van der Waals surface area (Å²) in [5.41, 5.74) is 3.65. The molecule has 0 bridgehead atoms. The Morgan fingerprint density at radius 3 is 2.35 bits per heavy atom. The van der Waals surface area contributed by atoms with Gasteiger partial charge in [-0.25, -0.2) is 9.78 Å². The molecule has 2 aliphatic rings. The highest BCUT2D eigenvalue weighted by Gasteiger charge is 2.46. The molecule has 0 saturated carbocycles. The molecule has 1 aromatic heterocycles. The van der Waals surface area contributed by atoms with Crippen LogP contribution in [0.1, 0.15) is 66.6 Å². The lowest BCUT2D eigenvalue weighted by Gasteiger charge is -2.34. The highest BCUT2D eigenvalue weighted by atomic mass is 32.1. The van der Waals surface area contributed by atoms with E-state index >= 15 is 0 Å². The molecule has 1 unspecified atom stereocenters. The molecule has 4 aromatic rings. The van der Waals surface area contributed by atoms with Gasteiger partial charge in [-0.2, -0.15) is 0 Å². The van der Waals surface area contributed by atoms with Gasteiger partial charge in [0.2, 0.25) is 12.3 Å². The van der Waals surface area contributed by atoms with Crippen molar-refractivity contribution in [1.82, 2.24) is 19.8 Å². The van der Waals surface area contributed by atoms with E-state index in [1.54, 1.807) is 16.0 Å². The number of carbonyl (C=O) groups excluding carboxylic acids is 2. The van der Waals surface area contributed by atoms with Crippen LogP contribution in [0.5, 0.6) is 0 Å². The largest absolute Gasteiger partial charge is 0.444 e. The normalized spacial score (nSPS) is 20.9. The van der Waals surface area contributed by atoms with E-state index in [9.17, 15) is 14.7 Å². The van der Waals surface area contributed by atoms with Gasteiger partial charge in [0.25, 0.3) is 0 Å². The molecule has 0 aliphatic carbocycles. The van der Waals surface area contributed by atoms with Gasteiger partial charge in [0.05, 0.1) is 23.4 Å². The molecule has 260 valence electrons. The molecule has 0 spiro atoms. The summed E-state index contributed by atoms with van der Waals surface area (Å²) < 4.78 is 11.3. The van der Waals surface area contributed by atoms with Gasteiger partial charge in [-0.1, -0.05) is 42.5 Å². The summed E-state index contributed by atoms with van der Waals surface area (Å²) in [6, 6.07) is 20.5. The van der Waals surface area contributed by atoms with Crippen LogP contribution in [0, 0.1) is 5.92 Å². The van der Waals surface area contributed by atoms with Crippen LogP contribution < -0.4 is 5.32 Å². The molecule has 3 aromatic carbocycles. The van der Waals surface area contributed by atoms with Crippen molar-refractivity contribution in [1.29, 1.82) is 0 Å². The van der Waals surface area contributed by atoms with Crippen molar-refractivity contribution < 1.29 is 24.2 Å². The van der Waals surface area contributed by atoms with Crippen molar-refractivity contribution in [2.75, 3.05) is 25.0 Å². The van der Waals surface area contributed by atoms with Crippen molar-refractivity contribution in [3.63, 3.8) is 0 Å². The molecular weight excluding hydrogens is 639 g/mol. The molecule has 10 nitrogen and oxygen atoms in total. The second-order valence-corrected chi connectivity index (χ2v) is 15.8. The van der Waals surface area contributed by atoms with Gasteiger partial charge in [-0.15, -0.1) is 12.6 Å². The highest BCUT2D eigenvalue weighted by molar-refractivity contribution is 7.81. The highest BCUT2D eigenvalue weighted by Crippen LogP contribution is 2.42. The van der Waals surface area contributed by atoms with Crippen LogP contribution in [0.15, 0.2) is 66.9 Å². The fourth-order valence-corrected chi connectivity index (χ4v) is 6.92. The number of aromatic nitrogens is 2. The third-order valence-electron chi connectivity index (χ3n) is 8.92. The Hall–Kier alpha value is -3.90. The van der Waals surface area contributed by atoms with Crippen LogP contribution in [-0.4, -0.2) is 74.1 Å². The van der Waals surface area contributed by atoms with E-state index in [2.05, 4.69) is 57.7 Å². The minimum absolute atomic E-state index is 0.0564. The number of amides is 2. The summed E-state index contributed by atoms with van der Waals surface area (Å²) in [5.74, 6) is 0.346. The molecule has 3 N–H and O–H groups in total. The zero-order valence-electron chi connectivity index (χ0n) is 29.1. The standard InChI is InChI=1S/C38H47N5O5S/c1-36(2,3)47-34(45)42-19-16-29(23-42)32(44)40-30-15-14-27-20-26(12-13-28(27)21-30)24-8-10-25(11-9-24)31-22-39-33(41-31)38(49)17-7-18-43(38)35(46)48-37(4,5)6/h8-15,20-22,29,34,45,49H,7,16-19,23H2,1-6H3,(H,39,41)(H,40,44)/t29-,34?,38+/m0/s1. The van der Waals surface area contributed by atoms with Crippen molar-refractivity contribution in [3.05, 3.63) is 72.7 Å². The number of carbonyl (C=O) groups is 2. The maximum atomic E-state index is 13.1. The van der Waals surface area contributed by atoms with Crippen LogP contribution in [0.25, 0.3) is 33.2 Å². The average molecular weight is 686 g/mol. The topological polar surface area (TPSA) is 120 Å². The number of imidazole rings is 1. The first-order chi connectivity index (χ1) is 23.1. The minimum atomic E-state index is -1.02. The third kappa shape index (κ3) is 7.96. The number of likely N-dealkylation sites (tertiary alicyclic amines) is 2. The number of nitrogens with zero attached hydrogens (tertiary/aromatic N) is 3. The van der Waals surface area contributed by atoms with Gasteiger partial charge in [-0.05, 0) is 106 Å². The summed E-state index contributed by atoms with van der Waals surface area (Å²) in [6.07, 6.45) is 2.52. The van der Waals surface area contributed by atoms with Gasteiger partial charge < -0.3 is 24.9 Å². The number of rotatable bonds is 7. The molecule has 3 atom stereocenters. The van der Waals surface area contributed by atoms with Crippen LogP contribution in [0.2, 0.25) is 0 Å². The third-order valence-corrected chi connectivity index (χ3v) is 9.60. The van der Waals surface area contributed by atoms with E-state index in [4.69, 9.17) is 22.1 Å². The minimum Gasteiger partial charge on any atom is -0.444 e. The molecular formula is C38H47N5O5S. The van der Waals surface area contributed by atoms with E-state index < -0.39 is 28.6 Å². The smallest absolute Gasteiger partial charge is 0.411 e. The number of anilines is 1. The number of hydrogen-bond donors (Lipinski definition) is 4. The predicted molar refractivity (Wildman–Crippen MR) is 195 cm³/mol. The zero-order valence-corrected chi connectivity index (χ0v) is 30.0. The number of fused-ring (bicyclic) bond motifs is 1. The Kier molecular flexibility index (Phi) is 9.58. The van der Waals surface area contributed by atoms with Gasteiger partial charge in [-0.3, -0.25) is 14.6 Å². The fourth-order valence-electron chi connectivity index (χ4n) is 6.46. The average Bonchev–Trinajstić information content (AvgIpc) is 3.80. The lowest BCUT2D eigenvalue weighted by atomic mass is 9.99. The monoisotopic (exact) mass is 685 g/mol. The van der Waals surface area contributed by atoms with Crippen molar-refractivity contribution in [2.24, 2.45) is 5.92 Å². The van der Waals surface area contributed by atoms with Gasteiger partial charge in [0, 0.05) is 25.3 Å². The molecule has 49 heavy (non-hydrogen) atoms. The molecule has 2 fully saturated rings. The second kappa shape index (κ2) is 13.4. The van der Waals surface area contributed by atoms with E-state index in [1.165, 1.54) is 0 Å². The summed E-state index contributed by atoms with van der Waals surface area (Å²) in [7, 11) is 0. The van der Waals surface area contributed by atoms with Crippen LogP contribution in [0.4, 0.5) is 10.5 Å². The predicted octanol–water partition coefficient (Wildman–Crippen LogP) is 7.36. The molecule has 2 amide bonds. The number of aliphatic hydroxyl groups is 1. The van der Waals surface area contributed by atoms with Crippen LogP contribution >= 0.6 is 12.6 Å². The number of benzene rings is 3. The molecule has 0 radical (unpaired) electrons. The first kappa shape index (κ1) is 34.9. The Morgan fingerprint density at radius 2 is 1.63 bits per heavy atom. The Bertz CT molecular complexity index is 1830. The van der Waals surface area contributed by atoms with E-state index in [0.29, 0.717) is 38.3 Å². The number of ether oxygens (including phenoxy) is 2. The van der Waals surface area contributed by atoms with E-state index in [-0.39, 0.29) is 11.8 Å². The molecule has 6 rings (SSSR count). The Morgan fingerprint density at radius 1 is 0.959 bits per heavy atom. The van der Waals surface area contributed by atoms with Crippen LogP contribution in [-0.2, 0) is 19.1 Å². The summed E-state index contributed by atoms with van der Waals surface area (Å²) in [5, 5.41) is 15.6. The molecule has 3 heterocycles. The first-order valence-corrected chi connectivity index (χ1v) is 17.4. The summed E-state index contributed by atoms with van der Waals surface area (Å²) in [6.45, 7) is 12.9. The second-order valence-electron chi connectivity index (χ2n) is 15.1. The first-order valence-electron chi connectivity index (χ1n) is 16.9.